The molecule has 1 aromatic rings. The molecule has 0 aromatic carbocycles. The topological polar surface area (TPSA) is 33.1 Å². The van der Waals surface area contributed by atoms with E-state index in [-0.39, 0.29) is 11.7 Å². The molecule has 0 amide bonds. The highest BCUT2D eigenvalue weighted by molar-refractivity contribution is 5.20. The van der Waals surface area contributed by atoms with Gasteiger partial charge in [0, 0.05) is 11.8 Å². The smallest absolute Gasteiger partial charge is 0.141 e. The van der Waals surface area contributed by atoms with Crippen molar-refractivity contribution in [2.45, 2.75) is 38.2 Å². The molecule has 2 nitrogen and oxygen atoms in total. The average molecular weight is 209 g/mol. The molecule has 0 aliphatic heterocycles. The molecular formula is C12H16FNO. The number of nitrogens with zero attached hydrogens (tertiary/aromatic N) is 1. The standard InChI is InChI=1S/C12H16FNO/c1-9-4-2-3-5-12(9,15)10-6-11(13)8-14-7-10/h6-9,15H,2-5H2,1H3. The van der Waals surface area contributed by atoms with Gasteiger partial charge < -0.3 is 5.11 Å². The summed E-state index contributed by atoms with van der Waals surface area (Å²) in [6, 6.07) is 1.40. The van der Waals surface area contributed by atoms with Crippen LogP contribution >= 0.6 is 0 Å². The van der Waals surface area contributed by atoms with Crippen LogP contribution < -0.4 is 0 Å². The third-order valence-electron chi connectivity index (χ3n) is 3.47. The summed E-state index contributed by atoms with van der Waals surface area (Å²) in [6.45, 7) is 2.02. The van der Waals surface area contributed by atoms with Gasteiger partial charge in [-0.05, 0) is 24.8 Å². The van der Waals surface area contributed by atoms with E-state index in [0.29, 0.717) is 12.0 Å². The molecule has 1 fully saturated rings. The molecule has 1 saturated carbocycles. The molecule has 0 radical (unpaired) electrons. The van der Waals surface area contributed by atoms with Crippen molar-refractivity contribution in [3.63, 3.8) is 0 Å². The number of pyridine rings is 1. The van der Waals surface area contributed by atoms with Crippen molar-refractivity contribution >= 4 is 0 Å². The predicted octanol–water partition coefficient (Wildman–Crippen LogP) is 2.62. The Morgan fingerprint density at radius 1 is 1.47 bits per heavy atom. The number of aliphatic hydroxyl groups is 1. The molecule has 2 unspecified atom stereocenters. The Hall–Kier alpha value is -0.960. The molecule has 1 aliphatic carbocycles. The maximum atomic E-state index is 13.0. The van der Waals surface area contributed by atoms with E-state index in [0.717, 1.165) is 19.3 Å². The van der Waals surface area contributed by atoms with Gasteiger partial charge in [0.05, 0.1) is 11.8 Å². The number of hydrogen-bond donors (Lipinski definition) is 1. The third kappa shape index (κ3) is 1.88. The molecule has 1 heterocycles. The lowest BCUT2D eigenvalue weighted by Gasteiger charge is -2.38. The van der Waals surface area contributed by atoms with Crippen molar-refractivity contribution < 1.29 is 9.50 Å². The van der Waals surface area contributed by atoms with Crippen molar-refractivity contribution in [1.29, 1.82) is 0 Å². The number of hydrogen-bond acceptors (Lipinski definition) is 2. The van der Waals surface area contributed by atoms with E-state index < -0.39 is 5.60 Å². The van der Waals surface area contributed by atoms with Gasteiger partial charge in [0.1, 0.15) is 5.82 Å². The summed E-state index contributed by atoms with van der Waals surface area (Å²) in [6.07, 6.45) is 6.58. The molecule has 2 atom stereocenters. The van der Waals surface area contributed by atoms with Crippen LogP contribution in [0.5, 0.6) is 0 Å². The van der Waals surface area contributed by atoms with Gasteiger partial charge >= 0.3 is 0 Å². The summed E-state index contributed by atoms with van der Waals surface area (Å²) >= 11 is 0. The lowest BCUT2D eigenvalue weighted by molar-refractivity contribution is -0.0474. The zero-order chi connectivity index (χ0) is 10.9. The minimum Gasteiger partial charge on any atom is -0.385 e. The van der Waals surface area contributed by atoms with Crippen LogP contribution in [0.15, 0.2) is 18.5 Å². The van der Waals surface area contributed by atoms with Crippen molar-refractivity contribution in [3.8, 4) is 0 Å². The predicted molar refractivity (Wildman–Crippen MR) is 55.7 cm³/mol. The van der Waals surface area contributed by atoms with Crippen LogP contribution in [0.3, 0.4) is 0 Å². The van der Waals surface area contributed by atoms with Gasteiger partial charge in [-0.25, -0.2) is 4.39 Å². The summed E-state index contributed by atoms with van der Waals surface area (Å²) in [5.41, 5.74) is -0.262. The minimum absolute atomic E-state index is 0.176. The summed E-state index contributed by atoms with van der Waals surface area (Å²) in [4.78, 5) is 3.80. The molecule has 1 N–H and O–H groups in total. The zero-order valence-electron chi connectivity index (χ0n) is 8.91. The lowest BCUT2D eigenvalue weighted by Crippen LogP contribution is -2.36. The minimum atomic E-state index is -0.882. The normalized spacial score (nSPS) is 31.5. The molecule has 0 saturated heterocycles. The van der Waals surface area contributed by atoms with Gasteiger partial charge in [0.25, 0.3) is 0 Å². The second-order valence-electron chi connectivity index (χ2n) is 4.46. The van der Waals surface area contributed by atoms with Crippen LogP contribution in [0.1, 0.15) is 38.2 Å². The van der Waals surface area contributed by atoms with Gasteiger partial charge in [-0.2, -0.15) is 0 Å². The van der Waals surface area contributed by atoms with Crippen molar-refractivity contribution in [2.24, 2.45) is 5.92 Å². The van der Waals surface area contributed by atoms with E-state index in [4.69, 9.17) is 0 Å². The number of aromatic nitrogens is 1. The SMILES string of the molecule is CC1CCCCC1(O)c1cncc(F)c1. The van der Waals surface area contributed by atoms with Crippen LogP contribution in [0, 0.1) is 11.7 Å². The van der Waals surface area contributed by atoms with Crippen LogP contribution in [-0.4, -0.2) is 10.1 Å². The largest absolute Gasteiger partial charge is 0.385 e. The molecule has 3 heteroatoms. The quantitative estimate of drug-likeness (QED) is 0.771. The summed E-state index contributed by atoms with van der Waals surface area (Å²) in [5.74, 6) is -0.200. The van der Waals surface area contributed by atoms with E-state index in [1.54, 1.807) is 6.20 Å². The fourth-order valence-corrected chi connectivity index (χ4v) is 2.41. The molecule has 2 rings (SSSR count). The van der Waals surface area contributed by atoms with Crippen LogP contribution in [0.4, 0.5) is 4.39 Å². The maximum absolute atomic E-state index is 13.0. The maximum Gasteiger partial charge on any atom is 0.141 e. The first-order valence-electron chi connectivity index (χ1n) is 5.46. The van der Waals surface area contributed by atoms with Gasteiger partial charge in [-0.1, -0.05) is 19.8 Å². The molecule has 1 aromatic heterocycles. The van der Waals surface area contributed by atoms with Crippen molar-refractivity contribution in [1.82, 2.24) is 4.98 Å². The van der Waals surface area contributed by atoms with Gasteiger partial charge in [-0.3, -0.25) is 4.98 Å². The molecule has 0 spiro atoms. The highest BCUT2D eigenvalue weighted by Crippen LogP contribution is 2.41. The second kappa shape index (κ2) is 3.89. The first-order chi connectivity index (χ1) is 7.13. The second-order valence-corrected chi connectivity index (χ2v) is 4.46. The monoisotopic (exact) mass is 209 g/mol. The zero-order valence-corrected chi connectivity index (χ0v) is 8.91. The van der Waals surface area contributed by atoms with E-state index in [9.17, 15) is 9.50 Å². The van der Waals surface area contributed by atoms with Crippen LogP contribution in [-0.2, 0) is 5.60 Å². The van der Waals surface area contributed by atoms with Gasteiger partial charge in [-0.15, -0.1) is 0 Å². The Kier molecular flexibility index (Phi) is 2.74. The van der Waals surface area contributed by atoms with Crippen molar-refractivity contribution in [2.75, 3.05) is 0 Å². The molecule has 15 heavy (non-hydrogen) atoms. The summed E-state index contributed by atoms with van der Waals surface area (Å²) < 4.78 is 13.0. The Balaban J connectivity index is 2.34. The number of halogens is 1. The van der Waals surface area contributed by atoms with Gasteiger partial charge in [0.2, 0.25) is 0 Å². The summed E-state index contributed by atoms with van der Waals surface area (Å²) in [5, 5.41) is 10.5. The third-order valence-corrected chi connectivity index (χ3v) is 3.47. The Labute approximate surface area is 89.2 Å². The van der Waals surface area contributed by atoms with Crippen LogP contribution in [0.2, 0.25) is 0 Å². The molecule has 82 valence electrons. The van der Waals surface area contributed by atoms with E-state index in [1.165, 1.54) is 12.3 Å². The highest BCUT2D eigenvalue weighted by Gasteiger charge is 2.37. The van der Waals surface area contributed by atoms with E-state index in [2.05, 4.69) is 4.98 Å². The first kappa shape index (κ1) is 10.6. The Morgan fingerprint density at radius 2 is 2.27 bits per heavy atom. The molecule has 1 aliphatic rings. The average Bonchev–Trinajstić information content (AvgIpc) is 2.23. The molecule has 0 bridgehead atoms. The fraction of sp³-hybridized carbons (Fsp3) is 0.583. The highest BCUT2D eigenvalue weighted by atomic mass is 19.1. The van der Waals surface area contributed by atoms with Gasteiger partial charge in [0.15, 0.2) is 0 Å². The Morgan fingerprint density at radius 3 is 2.93 bits per heavy atom. The molecular weight excluding hydrogens is 193 g/mol. The van der Waals surface area contributed by atoms with Crippen molar-refractivity contribution in [3.05, 3.63) is 29.8 Å². The Bertz CT molecular complexity index is 355. The fourth-order valence-electron chi connectivity index (χ4n) is 2.41. The van der Waals surface area contributed by atoms with E-state index in [1.807, 2.05) is 6.92 Å². The number of rotatable bonds is 1. The summed E-state index contributed by atoms with van der Waals surface area (Å²) in [7, 11) is 0. The lowest BCUT2D eigenvalue weighted by atomic mass is 9.73. The van der Waals surface area contributed by atoms with E-state index >= 15 is 0 Å². The van der Waals surface area contributed by atoms with Crippen LogP contribution in [0.25, 0.3) is 0 Å². The first-order valence-corrected chi connectivity index (χ1v) is 5.46.